The van der Waals surface area contributed by atoms with Crippen molar-refractivity contribution < 1.29 is 4.79 Å². The largest absolute Gasteiger partial charge is 0.352 e. The number of benzene rings is 1. The highest BCUT2D eigenvalue weighted by Crippen LogP contribution is 2.51. The third kappa shape index (κ3) is 3.10. The number of nitrogens with one attached hydrogen (secondary N) is 2. The van der Waals surface area contributed by atoms with E-state index in [1.807, 2.05) is 0 Å². The summed E-state index contributed by atoms with van der Waals surface area (Å²) in [6, 6.07) is 6.70. The average molecular weight is 392 g/mol. The molecule has 2 N–H and O–H groups in total. The summed E-state index contributed by atoms with van der Waals surface area (Å²) in [5, 5.41) is 6.47. The van der Waals surface area contributed by atoms with Crippen LogP contribution < -0.4 is 15.5 Å². The van der Waals surface area contributed by atoms with Crippen LogP contribution in [0, 0.1) is 0 Å². The number of aromatic nitrogens is 2. The second-order valence-electron chi connectivity index (χ2n) is 8.88. The Morgan fingerprint density at radius 1 is 1.31 bits per heavy atom. The molecular weight excluding hydrogens is 362 g/mol. The molecule has 1 fully saturated rings. The lowest BCUT2D eigenvalue weighted by Crippen LogP contribution is -2.42. The number of hydrogen-bond acceptors (Lipinski definition) is 5. The third-order valence-corrected chi connectivity index (χ3v) is 6.99. The lowest BCUT2D eigenvalue weighted by atomic mass is 9.74. The molecule has 3 aliphatic rings. The van der Waals surface area contributed by atoms with Crippen molar-refractivity contribution in [3.63, 3.8) is 0 Å². The van der Waals surface area contributed by atoms with Crippen molar-refractivity contribution in [1.29, 1.82) is 0 Å². The molecule has 1 saturated heterocycles. The standard InChI is InChI=1S/C23H29N5O/c1-15-3-5-19-21(15)22(27-14-26-19)28-13-23(7-9-24-10-8-23)18-11-17(4-6-20(18)28)12-25-16(2)29/h4,6,11,14-15,24H,3,5,7-10,12-13H2,1-2H3,(H,25,29)/t15-/m1/s1. The van der Waals surface area contributed by atoms with Crippen LogP contribution in [0.2, 0.25) is 0 Å². The van der Waals surface area contributed by atoms with Crippen LogP contribution in [-0.2, 0) is 23.2 Å². The van der Waals surface area contributed by atoms with E-state index in [4.69, 9.17) is 4.98 Å². The summed E-state index contributed by atoms with van der Waals surface area (Å²) in [4.78, 5) is 23.2. The summed E-state index contributed by atoms with van der Waals surface area (Å²) in [6.45, 7) is 7.51. The van der Waals surface area contributed by atoms with E-state index in [0.717, 1.165) is 51.1 Å². The molecule has 1 spiro atoms. The zero-order valence-corrected chi connectivity index (χ0v) is 17.3. The molecule has 1 aliphatic carbocycles. The minimum Gasteiger partial charge on any atom is -0.352 e. The van der Waals surface area contributed by atoms with Crippen molar-refractivity contribution in [2.75, 3.05) is 24.5 Å². The van der Waals surface area contributed by atoms with E-state index in [1.165, 1.54) is 28.1 Å². The van der Waals surface area contributed by atoms with Gasteiger partial charge in [-0.25, -0.2) is 9.97 Å². The first kappa shape index (κ1) is 18.6. The SMILES string of the molecule is CC(=O)NCc1ccc2c(c1)C1(CCNCC1)CN2c1ncnc2c1[C@H](C)CC2. The Morgan fingerprint density at radius 3 is 2.93 bits per heavy atom. The first-order valence-electron chi connectivity index (χ1n) is 10.8. The fraction of sp³-hybridized carbons (Fsp3) is 0.522. The number of fused-ring (bicyclic) bond motifs is 3. The molecule has 6 heteroatoms. The van der Waals surface area contributed by atoms with Gasteiger partial charge in [-0.2, -0.15) is 0 Å². The summed E-state index contributed by atoms with van der Waals surface area (Å²) in [7, 11) is 0. The predicted octanol–water partition coefficient (Wildman–Crippen LogP) is 2.94. The van der Waals surface area contributed by atoms with Crippen LogP contribution in [0.15, 0.2) is 24.5 Å². The first-order chi connectivity index (χ1) is 14.1. The van der Waals surface area contributed by atoms with E-state index < -0.39 is 0 Å². The zero-order chi connectivity index (χ0) is 20.0. The van der Waals surface area contributed by atoms with Crippen LogP contribution >= 0.6 is 0 Å². The van der Waals surface area contributed by atoms with Gasteiger partial charge in [0.15, 0.2) is 0 Å². The lowest BCUT2D eigenvalue weighted by Gasteiger charge is -2.35. The maximum atomic E-state index is 11.4. The van der Waals surface area contributed by atoms with Gasteiger partial charge in [0.05, 0.1) is 0 Å². The Morgan fingerprint density at radius 2 is 2.14 bits per heavy atom. The van der Waals surface area contributed by atoms with Crippen LogP contribution in [0.4, 0.5) is 11.5 Å². The molecular formula is C23H29N5O. The predicted molar refractivity (Wildman–Crippen MR) is 114 cm³/mol. The number of nitrogens with zero attached hydrogens (tertiary/aromatic N) is 3. The van der Waals surface area contributed by atoms with Gasteiger partial charge in [0.25, 0.3) is 0 Å². The number of rotatable bonds is 3. The average Bonchev–Trinajstić information content (AvgIpc) is 3.26. The summed E-state index contributed by atoms with van der Waals surface area (Å²) in [5.74, 6) is 1.62. The van der Waals surface area contributed by atoms with Gasteiger partial charge < -0.3 is 15.5 Å². The Bertz CT molecular complexity index is 950. The van der Waals surface area contributed by atoms with Gasteiger partial charge in [-0.15, -0.1) is 0 Å². The van der Waals surface area contributed by atoms with Crippen LogP contribution in [0.5, 0.6) is 0 Å². The van der Waals surface area contributed by atoms with E-state index in [0.29, 0.717) is 12.5 Å². The number of aryl methyl sites for hydroxylation is 1. The third-order valence-electron chi connectivity index (χ3n) is 6.99. The Balaban J connectivity index is 1.59. The molecule has 0 saturated carbocycles. The van der Waals surface area contributed by atoms with Gasteiger partial charge in [0.2, 0.25) is 5.91 Å². The molecule has 0 radical (unpaired) electrons. The van der Waals surface area contributed by atoms with Crippen molar-refractivity contribution in [2.45, 2.75) is 57.4 Å². The van der Waals surface area contributed by atoms with Gasteiger partial charge in [-0.3, -0.25) is 4.79 Å². The van der Waals surface area contributed by atoms with Crippen molar-refractivity contribution in [1.82, 2.24) is 20.6 Å². The van der Waals surface area contributed by atoms with Crippen molar-refractivity contribution in [3.8, 4) is 0 Å². The van der Waals surface area contributed by atoms with Crippen LogP contribution in [0.25, 0.3) is 0 Å². The molecule has 1 atom stereocenters. The van der Waals surface area contributed by atoms with Crippen LogP contribution in [0.1, 0.15) is 61.4 Å². The molecule has 1 amide bonds. The summed E-state index contributed by atoms with van der Waals surface area (Å²) in [5.41, 5.74) is 6.56. The fourth-order valence-corrected chi connectivity index (χ4v) is 5.41. The minimum absolute atomic E-state index is 0.00856. The Hall–Kier alpha value is -2.47. The van der Waals surface area contributed by atoms with E-state index in [1.54, 1.807) is 13.3 Å². The molecule has 6 nitrogen and oxygen atoms in total. The van der Waals surface area contributed by atoms with E-state index in [9.17, 15) is 4.79 Å². The number of amides is 1. The van der Waals surface area contributed by atoms with Gasteiger partial charge in [-0.1, -0.05) is 19.1 Å². The normalized spacial score (nSPS) is 21.9. The molecule has 5 rings (SSSR count). The second-order valence-corrected chi connectivity index (χ2v) is 8.88. The molecule has 1 aromatic carbocycles. The fourth-order valence-electron chi connectivity index (χ4n) is 5.41. The Kier molecular flexibility index (Phi) is 4.54. The number of anilines is 2. The van der Waals surface area contributed by atoms with Gasteiger partial charge in [0.1, 0.15) is 12.1 Å². The van der Waals surface area contributed by atoms with Crippen molar-refractivity contribution in [3.05, 3.63) is 46.9 Å². The van der Waals surface area contributed by atoms with E-state index in [-0.39, 0.29) is 11.3 Å². The molecule has 1 aromatic heterocycles. The monoisotopic (exact) mass is 391 g/mol. The van der Waals surface area contributed by atoms with E-state index >= 15 is 0 Å². The minimum atomic E-state index is 0.00856. The zero-order valence-electron chi connectivity index (χ0n) is 17.3. The second kappa shape index (κ2) is 7.10. The molecule has 0 bridgehead atoms. The molecule has 0 unspecified atom stereocenters. The van der Waals surface area contributed by atoms with E-state index in [2.05, 4.69) is 45.6 Å². The number of carbonyl (C=O) groups excluding carboxylic acids is 1. The highest BCUT2D eigenvalue weighted by Gasteiger charge is 2.45. The van der Waals surface area contributed by atoms with Crippen molar-refractivity contribution >= 4 is 17.4 Å². The molecule has 2 aliphatic heterocycles. The Labute approximate surface area is 172 Å². The highest BCUT2D eigenvalue weighted by molar-refractivity contribution is 5.75. The number of carbonyl (C=O) groups is 1. The molecule has 2 aromatic rings. The quantitative estimate of drug-likeness (QED) is 0.842. The summed E-state index contributed by atoms with van der Waals surface area (Å²) < 4.78 is 0. The number of piperidine rings is 1. The van der Waals surface area contributed by atoms with Crippen molar-refractivity contribution in [2.24, 2.45) is 0 Å². The van der Waals surface area contributed by atoms with Crippen LogP contribution in [-0.4, -0.2) is 35.5 Å². The lowest BCUT2D eigenvalue weighted by molar-refractivity contribution is -0.119. The number of hydrogen-bond donors (Lipinski definition) is 2. The van der Waals surface area contributed by atoms with Crippen LogP contribution in [0.3, 0.4) is 0 Å². The summed E-state index contributed by atoms with van der Waals surface area (Å²) in [6.07, 6.45) is 6.21. The maximum absolute atomic E-state index is 11.4. The smallest absolute Gasteiger partial charge is 0.217 e. The summed E-state index contributed by atoms with van der Waals surface area (Å²) >= 11 is 0. The highest BCUT2D eigenvalue weighted by atomic mass is 16.1. The van der Waals surface area contributed by atoms with Gasteiger partial charge in [-0.05, 0) is 61.9 Å². The topological polar surface area (TPSA) is 70.2 Å². The van der Waals surface area contributed by atoms with Gasteiger partial charge >= 0.3 is 0 Å². The maximum Gasteiger partial charge on any atom is 0.217 e. The molecule has 29 heavy (non-hydrogen) atoms. The molecule has 152 valence electrons. The molecule has 3 heterocycles. The first-order valence-corrected chi connectivity index (χ1v) is 10.8. The van der Waals surface area contributed by atoms with Gasteiger partial charge in [0, 0.05) is 42.4 Å².